The van der Waals surface area contributed by atoms with Crippen LogP contribution in [0.2, 0.25) is 78.6 Å². The van der Waals surface area contributed by atoms with Crippen LogP contribution in [-0.4, -0.2) is 32.9 Å². The van der Waals surface area contributed by atoms with E-state index in [1.807, 2.05) is 0 Å². The number of nitrogens with one attached hydrogen (secondary N) is 1. The Morgan fingerprint density at radius 3 is 0.625 bits per heavy atom. The summed E-state index contributed by atoms with van der Waals surface area (Å²) in [6.07, 6.45) is 0. The summed E-state index contributed by atoms with van der Waals surface area (Å²) in [6, 6.07) is 0. The normalized spacial score (nSPS) is 10.5. The standard InChI is InChI=1S/C6H19NSi2.C6H18NSi2.5CH4.Na/c2*1-8(2,3)7-9(4,5)6;;;;;;/h7H,1-6H3;1-6H3;5*1H4;/q;-1;;;;;;+1. The molecule has 0 atom stereocenters. The first-order valence-electron chi connectivity index (χ1n) is 6.95. The summed E-state index contributed by atoms with van der Waals surface area (Å²) in [7, 11) is -4.17. The number of hydrogen-bond donors (Lipinski definition) is 1. The summed E-state index contributed by atoms with van der Waals surface area (Å²) in [4.78, 5) is 0. The Bertz CT molecular complexity index is 187. The van der Waals surface area contributed by atoms with Crippen molar-refractivity contribution in [1.29, 1.82) is 0 Å². The molecule has 0 aliphatic carbocycles. The molecule has 0 unspecified atom stereocenters. The third-order valence-corrected chi connectivity index (χ3v) is 12.8. The van der Waals surface area contributed by atoms with Crippen molar-refractivity contribution in [2.45, 2.75) is 116 Å². The minimum absolute atomic E-state index is 0. The van der Waals surface area contributed by atoms with Crippen molar-refractivity contribution in [1.82, 2.24) is 4.65 Å². The van der Waals surface area contributed by atoms with Gasteiger partial charge in [0.05, 0.1) is 0 Å². The molecule has 7 heteroatoms. The molecule has 24 heavy (non-hydrogen) atoms. The summed E-state index contributed by atoms with van der Waals surface area (Å²) in [5.74, 6) is 0. The smallest absolute Gasteiger partial charge is 0.668 e. The molecule has 0 saturated heterocycles. The molecule has 0 radical (unpaired) electrons. The van der Waals surface area contributed by atoms with E-state index >= 15 is 0 Å². The van der Waals surface area contributed by atoms with Gasteiger partial charge in [-0.15, -0.1) is 0 Å². The van der Waals surface area contributed by atoms with Gasteiger partial charge in [0.25, 0.3) is 0 Å². The molecule has 0 bridgehead atoms. The molecule has 0 amide bonds. The van der Waals surface area contributed by atoms with Crippen molar-refractivity contribution >= 4 is 32.9 Å². The van der Waals surface area contributed by atoms with Crippen LogP contribution in [0.4, 0.5) is 0 Å². The number of hydrogen-bond acceptors (Lipinski definition) is 1. The number of nitrogens with zero attached hydrogens (tertiary/aromatic N) is 1. The van der Waals surface area contributed by atoms with E-state index in [2.05, 4.69) is 83.2 Å². The Balaban J connectivity index is -0.0000000284. The van der Waals surface area contributed by atoms with Crippen molar-refractivity contribution < 1.29 is 29.6 Å². The Hall–Kier alpha value is 1.79. The third kappa shape index (κ3) is 65.0. The van der Waals surface area contributed by atoms with Gasteiger partial charge >= 0.3 is 29.6 Å². The monoisotopic (exact) mass is 424 g/mol. The molecule has 0 fully saturated rings. The molecule has 1 N–H and O–H groups in total. The van der Waals surface area contributed by atoms with Gasteiger partial charge < -0.3 is 9.30 Å². The fourth-order valence-electron chi connectivity index (χ4n) is 2.13. The van der Waals surface area contributed by atoms with Gasteiger partial charge in [0.15, 0.2) is 0 Å². The van der Waals surface area contributed by atoms with Crippen LogP contribution < -0.4 is 34.2 Å². The molecule has 0 aromatic carbocycles. The minimum atomic E-state index is -1.11. The van der Waals surface area contributed by atoms with E-state index in [0.717, 1.165) is 0 Å². The first kappa shape index (κ1) is 50.1. The van der Waals surface area contributed by atoms with Crippen molar-refractivity contribution in [3.8, 4) is 0 Å². The third-order valence-electron chi connectivity index (χ3n) is 1.42. The molecule has 0 aliphatic heterocycles. The van der Waals surface area contributed by atoms with Crippen LogP contribution in [0.25, 0.3) is 4.65 Å². The molecular formula is C17H57N2NaSi4. The minimum Gasteiger partial charge on any atom is -0.668 e. The van der Waals surface area contributed by atoms with Crippen LogP contribution in [0, 0.1) is 0 Å². The summed E-state index contributed by atoms with van der Waals surface area (Å²) in [5.41, 5.74) is 0. The van der Waals surface area contributed by atoms with E-state index in [1.54, 1.807) is 0 Å². The fraction of sp³-hybridized carbons (Fsp3) is 1.00. The van der Waals surface area contributed by atoms with E-state index in [0.29, 0.717) is 0 Å². The van der Waals surface area contributed by atoms with Gasteiger partial charge in [-0.3, -0.25) is 0 Å². The van der Waals surface area contributed by atoms with Crippen LogP contribution >= 0.6 is 0 Å². The Morgan fingerprint density at radius 2 is 0.625 bits per heavy atom. The quantitative estimate of drug-likeness (QED) is 0.596. The second-order valence-electron chi connectivity index (χ2n) is 9.08. The molecule has 2 nitrogen and oxygen atoms in total. The molecule has 0 aromatic heterocycles. The van der Waals surface area contributed by atoms with Crippen molar-refractivity contribution in [3.05, 3.63) is 4.65 Å². The fourth-order valence-corrected chi connectivity index (χ4v) is 19.2. The maximum atomic E-state index is 4.82. The first-order chi connectivity index (χ1) is 7.41. The van der Waals surface area contributed by atoms with Gasteiger partial charge in [0, 0.05) is 0 Å². The van der Waals surface area contributed by atoms with Gasteiger partial charge in [-0.2, -0.15) is 0 Å². The molecule has 0 heterocycles. The van der Waals surface area contributed by atoms with Gasteiger partial charge in [0.2, 0.25) is 0 Å². The zero-order valence-corrected chi connectivity index (χ0v) is 21.9. The molecule has 0 spiro atoms. The van der Waals surface area contributed by atoms with Crippen LogP contribution in [0.1, 0.15) is 37.1 Å². The summed E-state index contributed by atoms with van der Waals surface area (Å²) in [6.45, 7) is 27.9. The number of rotatable bonds is 4. The molecule has 0 aromatic rings. The summed E-state index contributed by atoms with van der Waals surface area (Å²) < 4.78 is 8.56. The van der Waals surface area contributed by atoms with Crippen LogP contribution in [0.3, 0.4) is 0 Å². The predicted octanol–water partition coefficient (Wildman–Crippen LogP) is 5.46. The van der Waals surface area contributed by atoms with E-state index < -0.39 is 32.9 Å². The Labute approximate surface area is 186 Å². The van der Waals surface area contributed by atoms with E-state index in [4.69, 9.17) is 4.65 Å². The van der Waals surface area contributed by atoms with Crippen LogP contribution in [0.15, 0.2) is 0 Å². The molecule has 152 valence electrons. The second kappa shape index (κ2) is 18.2. The summed E-state index contributed by atoms with van der Waals surface area (Å²) in [5, 5.41) is 0. The van der Waals surface area contributed by atoms with Crippen molar-refractivity contribution in [2.24, 2.45) is 0 Å². The van der Waals surface area contributed by atoms with Gasteiger partial charge in [-0.05, 0) is 0 Å². The maximum Gasteiger partial charge on any atom is 1.00 e. The van der Waals surface area contributed by atoms with E-state index in [1.165, 1.54) is 0 Å². The molecule has 0 rings (SSSR count). The Morgan fingerprint density at radius 1 is 0.458 bits per heavy atom. The second-order valence-corrected chi connectivity index (χ2v) is 28.7. The van der Waals surface area contributed by atoms with Crippen LogP contribution in [-0.2, 0) is 0 Å². The summed E-state index contributed by atoms with van der Waals surface area (Å²) >= 11 is 0. The van der Waals surface area contributed by atoms with Gasteiger partial charge in [-0.1, -0.05) is 132 Å². The average Bonchev–Trinajstić information content (AvgIpc) is 1.64. The average molecular weight is 425 g/mol. The zero-order chi connectivity index (χ0) is 15.4. The Kier molecular flexibility index (Phi) is 37.9. The predicted molar refractivity (Wildman–Crippen MR) is 134 cm³/mol. The van der Waals surface area contributed by atoms with Crippen molar-refractivity contribution in [2.75, 3.05) is 0 Å². The zero-order valence-electron chi connectivity index (χ0n) is 15.9. The van der Waals surface area contributed by atoms with Crippen LogP contribution in [0.5, 0.6) is 0 Å². The first-order valence-corrected chi connectivity index (χ1v) is 20.8. The SMILES string of the molecule is C.C.C.C.C.C[Si](C)(C)N[Si](C)(C)C.C[Si](C)(C)[N-][Si](C)(C)C.[Na+]. The molecule has 0 saturated carbocycles. The van der Waals surface area contributed by atoms with Crippen molar-refractivity contribution in [3.63, 3.8) is 0 Å². The van der Waals surface area contributed by atoms with E-state index in [9.17, 15) is 0 Å². The maximum absolute atomic E-state index is 4.82. The molecular weight excluding hydrogens is 368 g/mol. The topological polar surface area (TPSA) is 26.1 Å². The van der Waals surface area contributed by atoms with E-state index in [-0.39, 0.29) is 66.7 Å². The molecule has 0 aliphatic rings. The van der Waals surface area contributed by atoms with Gasteiger partial charge in [0.1, 0.15) is 16.5 Å². The van der Waals surface area contributed by atoms with Gasteiger partial charge in [-0.25, -0.2) is 0 Å². The largest absolute Gasteiger partial charge is 1.00 e.